The molecule has 0 bridgehead atoms. The van der Waals surface area contributed by atoms with Crippen molar-refractivity contribution in [2.24, 2.45) is 0 Å². The SMILES string of the molecule is COc1cc(OC)c(S(=O)(=O)Cl)cc1Cl. The van der Waals surface area contributed by atoms with Crippen LogP contribution in [0.3, 0.4) is 0 Å². The number of rotatable bonds is 3. The molecular weight excluding hydrogens is 263 g/mol. The van der Waals surface area contributed by atoms with Crippen molar-refractivity contribution in [1.82, 2.24) is 0 Å². The summed E-state index contributed by atoms with van der Waals surface area (Å²) in [6.45, 7) is 0. The third-order valence-electron chi connectivity index (χ3n) is 1.70. The first-order valence-corrected chi connectivity index (χ1v) is 6.45. The highest BCUT2D eigenvalue weighted by Gasteiger charge is 2.19. The number of hydrogen-bond donors (Lipinski definition) is 0. The topological polar surface area (TPSA) is 52.6 Å². The van der Waals surface area contributed by atoms with Crippen LogP contribution in [-0.4, -0.2) is 22.6 Å². The highest BCUT2D eigenvalue weighted by Crippen LogP contribution is 2.36. The van der Waals surface area contributed by atoms with Gasteiger partial charge in [0, 0.05) is 16.7 Å². The maximum Gasteiger partial charge on any atom is 0.265 e. The van der Waals surface area contributed by atoms with Gasteiger partial charge in [0.15, 0.2) is 0 Å². The van der Waals surface area contributed by atoms with Crippen molar-refractivity contribution in [1.29, 1.82) is 0 Å². The Balaban J connectivity index is 3.48. The number of methoxy groups -OCH3 is 2. The normalized spacial score (nSPS) is 11.2. The molecule has 0 radical (unpaired) electrons. The van der Waals surface area contributed by atoms with Crippen molar-refractivity contribution in [2.45, 2.75) is 4.90 Å². The Morgan fingerprint density at radius 1 is 1.13 bits per heavy atom. The van der Waals surface area contributed by atoms with Crippen LogP contribution in [0.5, 0.6) is 11.5 Å². The molecule has 0 saturated heterocycles. The minimum Gasteiger partial charge on any atom is -0.495 e. The van der Waals surface area contributed by atoms with Gasteiger partial charge in [-0.1, -0.05) is 11.6 Å². The van der Waals surface area contributed by atoms with Gasteiger partial charge in [0.05, 0.1) is 19.2 Å². The summed E-state index contributed by atoms with van der Waals surface area (Å²) >= 11 is 5.76. The van der Waals surface area contributed by atoms with E-state index in [1.165, 1.54) is 26.4 Å². The molecule has 0 amide bonds. The fraction of sp³-hybridized carbons (Fsp3) is 0.250. The zero-order valence-electron chi connectivity index (χ0n) is 7.95. The summed E-state index contributed by atoms with van der Waals surface area (Å²) in [5.41, 5.74) is 0. The first kappa shape index (κ1) is 12.4. The lowest BCUT2D eigenvalue weighted by atomic mass is 10.3. The fourth-order valence-electron chi connectivity index (χ4n) is 1.02. The zero-order chi connectivity index (χ0) is 11.6. The molecule has 7 heteroatoms. The molecular formula is C8H8Cl2O4S. The van der Waals surface area contributed by atoms with Gasteiger partial charge in [-0.25, -0.2) is 8.42 Å². The van der Waals surface area contributed by atoms with Crippen LogP contribution < -0.4 is 9.47 Å². The molecule has 0 atom stereocenters. The lowest BCUT2D eigenvalue weighted by Gasteiger charge is -2.09. The summed E-state index contributed by atoms with van der Waals surface area (Å²) < 4.78 is 32.1. The van der Waals surface area contributed by atoms with Gasteiger partial charge < -0.3 is 9.47 Å². The minimum absolute atomic E-state index is 0.0891. The molecule has 1 rings (SSSR count). The standard InChI is InChI=1S/C8H8Cl2O4S/c1-13-6-4-7(14-2)8(3-5(6)9)15(10,11)12/h3-4H,1-2H3. The van der Waals surface area contributed by atoms with Crippen LogP contribution in [0.2, 0.25) is 5.02 Å². The largest absolute Gasteiger partial charge is 0.495 e. The fourth-order valence-corrected chi connectivity index (χ4v) is 2.33. The lowest BCUT2D eigenvalue weighted by Crippen LogP contribution is -1.97. The Hall–Kier alpha value is -0.650. The molecule has 0 fully saturated rings. The molecule has 0 N–H and O–H groups in total. The van der Waals surface area contributed by atoms with Crippen LogP contribution in [0.15, 0.2) is 17.0 Å². The monoisotopic (exact) mass is 270 g/mol. The quantitative estimate of drug-likeness (QED) is 0.791. The van der Waals surface area contributed by atoms with E-state index in [1.807, 2.05) is 0 Å². The Kier molecular flexibility index (Phi) is 3.70. The van der Waals surface area contributed by atoms with Gasteiger partial charge in [0.2, 0.25) is 0 Å². The van der Waals surface area contributed by atoms with Crippen molar-refractivity contribution in [3.63, 3.8) is 0 Å². The number of hydrogen-bond acceptors (Lipinski definition) is 4. The van der Waals surface area contributed by atoms with Gasteiger partial charge in [-0.05, 0) is 6.07 Å². The Labute approximate surface area is 97.1 Å². The van der Waals surface area contributed by atoms with Gasteiger partial charge in [-0.3, -0.25) is 0 Å². The molecule has 0 heterocycles. The van der Waals surface area contributed by atoms with Gasteiger partial charge in [-0.2, -0.15) is 0 Å². The zero-order valence-corrected chi connectivity index (χ0v) is 10.3. The first-order valence-electron chi connectivity index (χ1n) is 3.76. The highest BCUT2D eigenvalue weighted by molar-refractivity contribution is 8.13. The second kappa shape index (κ2) is 4.47. The van der Waals surface area contributed by atoms with Crippen molar-refractivity contribution >= 4 is 31.3 Å². The molecule has 0 aromatic heterocycles. The maximum atomic E-state index is 11.2. The molecule has 0 aliphatic rings. The van der Waals surface area contributed by atoms with Crippen molar-refractivity contribution in [2.75, 3.05) is 14.2 Å². The summed E-state index contributed by atoms with van der Waals surface area (Å²) in [6.07, 6.45) is 0. The molecule has 0 aliphatic heterocycles. The van der Waals surface area contributed by atoms with E-state index in [9.17, 15) is 8.42 Å². The van der Waals surface area contributed by atoms with Gasteiger partial charge in [-0.15, -0.1) is 0 Å². The Bertz CT molecular complexity index is 470. The molecule has 1 aromatic rings. The van der Waals surface area contributed by atoms with E-state index in [4.69, 9.17) is 31.8 Å². The molecule has 15 heavy (non-hydrogen) atoms. The van der Waals surface area contributed by atoms with Crippen LogP contribution >= 0.6 is 22.3 Å². The van der Waals surface area contributed by atoms with E-state index in [-0.39, 0.29) is 15.7 Å². The maximum absolute atomic E-state index is 11.2. The number of ether oxygens (including phenoxy) is 2. The van der Waals surface area contributed by atoms with E-state index >= 15 is 0 Å². The second-order valence-corrected chi connectivity index (χ2v) is 5.52. The van der Waals surface area contributed by atoms with Crippen LogP contribution in [-0.2, 0) is 9.05 Å². The van der Waals surface area contributed by atoms with Gasteiger partial charge >= 0.3 is 0 Å². The predicted octanol–water partition coefficient (Wildman–Crippen LogP) is 2.28. The lowest BCUT2D eigenvalue weighted by molar-refractivity contribution is 0.386. The van der Waals surface area contributed by atoms with E-state index in [1.54, 1.807) is 0 Å². The van der Waals surface area contributed by atoms with Crippen molar-refractivity contribution < 1.29 is 17.9 Å². The highest BCUT2D eigenvalue weighted by atomic mass is 35.7. The summed E-state index contributed by atoms with van der Waals surface area (Å²) in [5, 5.41) is 0.150. The van der Waals surface area contributed by atoms with Crippen molar-refractivity contribution in [3.8, 4) is 11.5 Å². The summed E-state index contributed by atoms with van der Waals surface area (Å²) in [5.74, 6) is 0.406. The Morgan fingerprint density at radius 2 is 1.67 bits per heavy atom. The smallest absolute Gasteiger partial charge is 0.265 e. The summed E-state index contributed by atoms with van der Waals surface area (Å²) in [4.78, 5) is -0.183. The molecule has 1 aromatic carbocycles. The molecule has 0 saturated carbocycles. The van der Waals surface area contributed by atoms with Crippen molar-refractivity contribution in [3.05, 3.63) is 17.2 Å². The second-order valence-electron chi connectivity index (χ2n) is 2.58. The number of halogens is 2. The van der Waals surface area contributed by atoms with E-state index in [0.29, 0.717) is 5.75 Å². The van der Waals surface area contributed by atoms with Crippen LogP contribution in [0.25, 0.3) is 0 Å². The number of benzene rings is 1. The molecule has 0 unspecified atom stereocenters. The third kappa shape index (κ3) is 2.68. The first-order chi connectivity index (χ1) is 6.90. The van der Waals surface area contributed by atoms with Crippen LogP contribution in [0, 0.1) is 0 Å². The minimum atomic E-state index is -3.89. The van der Waals surface area contributed by atoms with E-state index < -0.39 is 9.05 Å². The average Bonchev–Trinajstić information content (AvgIpc) is 2.16. The van der Waals surface area contributed by atoms with Gasteiger partial charge in [0.25, 0.3) is 9.05 Å². The van der Waals surface area contributed by atoms with Crippen LogP contribution in [0.1, 0.15) is 0 Å². The van der Waals surface area contributed by atoms with E-state index in [0.717, 1.165) is 0 Å². The molecule has 0 aliphatic carbocycles. The third-order valence-corrected chi connectivity index (χ3v) is 3.34. The molecule has 84 valence electrons. The van der Waals surface area contributed by atoms with Crippen LogP contribution in [0.4, 0.5) is 0 Å². The molecule has 0 spiro atoms. The average molecular weight is 271 g/mol. The predicted molar refractivity (Wildman–Crippen MR) is 57.6 cm³/mol. The summed E-state index contributed by atoms with van der Waals surface area (Å²) in [6, 6.07) is 2.54. The van der Waals surface area contributed by atoms with E-state index in [2.05, 4.69) is 0 Å². The van der Waals surface area contributed by atoms with Gasteiger partial charge in [0.1, 0.15) is 16.4 Å². The molecule has 4 nitrogen and oxygen atoms in total. The summed E-state index contributed by atoms with van der Waals surface area (Å²) in [7, 11) is 4.06. The Morgan fingerprint density at radius 3 is 2.07 bits per heavy atom.